The molecule has 31 heavy (non-hydrogen) atoms. The van der Waals surface area contributed by atoms with Crippen LogP contribution in [-0.4, -0.2) is 38.5 Å². The van der Waals surface area contributed by atoms with Gasteiger partial charge < -0.3 is 19.5 Å². The molecule has 0 saturated carbocycles. The Hall–Kier alpha value is -4.13. The van der Waals surface area contributed by atoms with Gasteiger partial charge in [0.05, 0.1) is 25.5 Å². The number of hydrogen-bond acceptors (Lipinski definition) is 6. The summed E-state index contributed by atoms with van der Waals surface area (Å²) in [5, 5.41) is 2.70. The molecule has 0 unspecified atom stereocenters. The van der Waals surface area contributed by atoms with E-state index < -0.39 is 18.5 Å². The third-order valence-electron chi connectivity index (χ3n) is 4.47. The first-order valence-electron chi connectivity index (χ1n) is 9.40. The summed E-state index contributed by atoms with van der Waals surface area (Å²) in [6, 6.07) is 19.5. The van der Waals surface area contributed by atoms with Crippen molar-refractivity contribution in [2.24, 2.45) is 0 Å². The van der Waals surface area contributed by atoms with E-state index in [9.17, 15) is 14.4 Å². The van der Waals surface area contributed by atoms with Crippen LogP contribution in [0.4, 0.5) is 5.69 Å². The summed E-state index contributed by atoms with van der Waals surface area (Å²) in [5.74, 6) is -0.322. The average molecular weight is 419 g/mol. The molecule has 0 aliphatic carbocycles. The lowest BCUT2D eigenvalue weighted by Gasteiger charge is -2.11. The van der Waals surface area contributed by atoms with Crippen LogP contribution in [0.2, 0.25) is 0 Å². The van der Waals surface area contributed by atoms with Gasteiger partial charge in [-0.1, -0.05) is 18.2 Å². The van der Waals surface area contributed by atoms with Gasteiger partial charge in [-0.2, -0.15) is 0 Å². The van der Waals surface area contributed by atoms with Crippen molar-refractivity contribution in [2.45, 2.75) is 0 Å². The first-order chi connectivity index (χ1) is 15.0. The monoisotopic (exact) mass is 419 g/mol. The van der Waals surface area contributed by atoms with E-state index in [2.05, 4.69) is 5.32 Å². The van der Waals surface area contributed by atoms with Crippen LogP contribution in [0.15, 0.2) is 72.8 Å². The number of Topliss-reactive ketones (excluding diaryl/α,β-unsaturated/α-hetero) is 1. The Balaban J connectivity index is 1.67. The zero-order valence-electron chi connectivity index (χ0n) is 17.1. The molecule has 0 bridgehead atoms. The molecule has 7 nitrogen and oxygen atoms in total. The Bertz CT molecular complexity index is 1090. The number of methoxy groups -OCH3 is 2. The van der Waals surface area contributed by atoms with E-state index in [0.717, 1.165) is 0 Å². The van der Waals surface area contributed by atoms with E-state index >= 15 is 0 Å². The topological polar surface area (TPSA) is 90.9 Å². The molecule has 0 atom stereocenters. The van der Waals surface area contributed by atoms with Crippen molar-refractivity contribution in [2.75, 3.05) is 26.1 Å². The molecule has 3 aromatic rings. The third kappa shape index (κ3) is 5.48. The molecule has 3 rings (SSSR count). The summed E-state index contributed by atoms with van der Waals surface area (Å²) in [6.45, 7) is -0.427. The number of rotatable bonds is 8. The number of hydrogen-bond donors (Lipinski definition) is 1. The fourth-order valence-electron chi connectivity index (χ4n) is 2.80. The Morgan fingerprint density at radius 2 is 1.48 bits per heavy atom. The molecule has 158 valence electrons. The van der Waals surface area contributed by atoms with Crippen LogP contribution < -0.4 is 14.8 Å². The molecule has 0 aliphatic rings. The minimum absolute atomic E-state index is 0.140. The first kappa shape index (κ1) is 21.6. The number of ether oxygens (including phenoxy) is 3. The van der Waals surface area contributed by atoms with E-state index in [0.29, 0.717) is 22.6 Å². The number of carbonyl (C=O) groups is 3. The minimum atomic E-state index is -0.719. The number of carbonyl (C=O) groups excluding carboxylic acids is 3. The molecule has 3 aromatic carbocycles. The Labute approximate surface area is 179 Å². The van der Waals surface area contributed by atoms with E-state index in [1.54, 1.807) is 66.7 Å². The van der Waals surface area contributed by atoms with Gasteiger partial charge in [0.25, 0.3) is 5.91 Å². The molecule has 0 fully saturated rings. The maximum Gasteiger partial charge on any atom is 0.340 e. The van der Waals surface area contributed by atoms with Crippen molar-refractivity contribution >= 4 is 23.3 Å². The summed E-state index contributed by atoms with van der Waals surface area (Å²) in [4.78, 5) is 37.4. The number of nitrogens with one attached hydrogen (secondary N) is 1. The molecular formula is C24H21NO6. The van der Waals surface area contributed by atoms with E-state index in [4.69, 9.17) is 14.2 Å². The largest absolute Gasteiger partial charge is 0.497 e. The summed E-state index contributed by atoms with van der Waals surface area (Å²) in [6.07, 6.45) is 0. The zero-order chi connectivity index (χ0) is 22.2. The van der Waals surface area contributed by atoms with Gasteiger partial charge in [0.15, 0.2) is 12.4 Å². The molecule has 0 aromatic heterocycles. The van der Waals surface area contributed by atoms with Crippen LogP contribution in [0.5, 0.6) is 11.5 Å². The second-order valence-corrected chi connectivity index (χ2v) is 6.46. The van der Waals surface area contributed by atoms with Crippen molar-refractivity contribution in [3.05, 3.63) is 89.5 Å². The predicted octanol–water partition coefficient (Wildman–Crippen LogP) is 4.00. The second-order valence-electron chi connectivity index (χ2n) is 6.46. The van der Waals surface area contributed by atoms with Crippen LogP contribution >= 0.6 is 0 Å². The molecule has 0 aliphatic heterocycles. The van der Waals surface area contributed by atoms with Gasteiger partial charge in [0.2, 0.25) is 0 Å². The lowest BCUT2D eigenvalue weighted by atomic mass is 10.1. The lowest BCUT2D eigenvalue weighted by molar-refractivity contribution is 0.0475. The van der Waals surface area contributed by atoms with E-state index in [-0.39, 0.29) is 17.0 Å². The number of para-hydroxylation sites is 1. The number of anilines is 1. The number of esters is 1. The summed E-state index contributed by atoms with van der Waals surface area (Å²) in [5.41, 5.74) is 1.18. The summed E-state index contributed by atoms with van der Waals surface area (Å²) < 4.78 is 15.4. The van der Waals surface area contributed by atoms with Crippen molar-refractivity contribution in [1.29, 1.82) is 0 Å². The highest BCUT2D eigenvalue weighted by Gasteiger charge is 2.17. The van der Waals surface area contributed by atoms with Crippen molar-refractivity contribution in [3.63, 3.8) is 0 Å². The Morgan fingerprint density at radius 1 is 0.774 bits per heavy atom. The van der Waals surface area contributed by atoms with Gasteiger partial charge in [-0.15, -0.1) is 0 Å². The van der Waals surface area contributed by atoms with Gasteiger partial charge in [-0.25, -0.2) is 4.79 Å². The molecule has 1 N–H and O–H groups in total. The van der Waals surface area contributed by atoms with Gasteiger partial charge in [0, 0.05) is 11.1 Å². The van der Waals surface area contributed by atoms with E-state index in [1.165, 1.54) is 20.3 Å². The quantitative estimate of drug-likeness (QED) is 0.438. The Morgan fingerprint density at radius 3 is 2.19 bits per heavy atom. The van der Waals surface area contributed by atoms with Gasteiger partial charge in [0.1, 0.15) is 11.5 Å². The highest BCUT2D eigenvalue weighted by molar-refractivity contribution is 6.08. The first-order valence-corrected chi connectivity index (χ1v) is 9.40. The number of amides is 1. The zero-order valence-corrected chi connectivity index (χ0v) is 17.1. The fraction of sp³-hybridized carbons (Fsp3) is 0.125. The molecule has 0 radical (unpaired) electrons. The average Bonchev–Trinajstić information content (AvgIpc) is 2.82. The normalized spacial score (nSPS) is 10.1. The summed E-state index contributed by atoms with van der Waals surface area (Å²) >= 11 is 0. The minimum Gasteiger partial charge on any atom is -0.497 e. The van der Waals surface area contributed by atoms with Crippen LogP contribution in [-0.2, 0) is 4.74 Å². The maximum absolute atomic E-state index is 12.6. The predicted molar refractivity (Wildman–Crippen MR) is 115 cm³/mol. The van der Waals surface area contributed by atoms with E-state index in [1.807, 2.05) is 0 Å². The molecule has 7 heteroatoms. The molecule has 1 amide bonds. The van der Waals surface area contributed by atoms with Crippen LogP contribution in [0.3, 0.4) is 0 Å². The number of benzene rings is 3. The highest BCUT2D eigenvalue weighted by atomic mass is 16.5. The second kappa shape index (κ2) is 10.1. The molecule has 0 heterocycles. The maximum atomic E-state index is 12.6. The van der Waals surface area contributed by atoms with Crippen LogP contribution in [0, 0.1) is 0 Å². The molecule has 0 saturated heterocycles. The molecular weight excluding hydrogens is 398 g/mol. The third-order valence-corrected chi connectivity index (χ3v) is 4.47. The van der Waals surface area contributed by atoms with Gasteiger partial charge in [-0.3, -0.25) is 9.59 Å². The summed E-state index contributed by atoms with van der Waals surface area (Å²) in [7, 11) is 3.04. The van der Waals surface area contributed by atoms with Crippen molar-refractivity contribution in [1.82, 2.24) is 0 Å². The lowest BCUT2D eigenvalue weighted by Crippen LogP contribution is -2.18. The van der Waals surface area contributed by atoms with Crippen LogP contribution in [0.25, 0.3) is 0 Å². The smallest absolute Gasteiger partial charge is 0.340 e. The Kier molecular flexibility index (Phi) is 7.01. The highest BCUT2D eigenvalue weighted by Crippen LogP contribution is 2.19. The van der Waals surface area contributed by atoms with Crippen LogP contribution in [0.1, 0.15) is 31.1 Å². The van der Waals surface area contributed by atoms with Gasteiger partial charge >= 0.3 is 5.97 Å². The SMILES string of the molecule is COc1ccc(C(=O)COC(=O)c2ccccc2NC(=O)c2cccc(OC)c2)cc1. The fourth-order valence-corrected chi connectivity index (χ4v) is 2.80. The number of ketones is 1. The standard InChI is InChI=1S/C24H21NO6/c1-29-18-12-10-16(11-13-18)22(26)15-31-24(28)20-8-3-4-9-21(20)25-23(27)17-6-5-7-19(14-17)30-2/h3-14H,15H2,1-2H3,(H,25,27). The molecule has 0 spiro atoms. The van der Waals surface area contributed by atoms with Gasteiger partial charge in [-0.05, 0) is 54.6 Å². The van der Waals surface area contributed by atoms with Crippen molar-refractivity contribution < 1.29 is 28.6 Å². The van der Waals surface area contributed by atoms with Crippen molar-refractivity contribution in [3.8, 4) is 11.5 Å².